The van der Waals surface area contributed by atoms with Gasteiger partial charge in [0, 0.05) is 30.5 Å². The Hall–Kier alpha value is -2.61. The number of thiazole rings is 1. The van der Waals surface area contributed by atoms with E-state index in [2.05, 4.69) is 20.4 Å². The molecule has 0 fully saturated rings. The lowest BCUT2D eigenvalue weighted by atomic mass is 10.1. The van der Waals surface area contributed by atoms with Crippen molar-refractivity contribution >= 4 is 22.4 Å². The molecule has 0 spiro atoms. The van der Waals surface area contributed by atoms with E-state index >= 15 is 0 Å². The number of nitrogens with one attached hydrogen (secondary N) is 1. The third-order valence-corrected chi connectivity index (χ3v) is 4.24. The molecule has 0 bridgehead atoms. The molecule has 0 radical (unpaired) electrons. The molecule has 0 saturated carbocycles. The second kappa shape index (κ2) is 7.78. The summed E-state index contributed by atoms with van der Waals surface area (Å²) < 4.78 is 14.9. The predicted molar refractivity (Wildman–Crippen MR) is 89.2 cm³/mol. The van der Waals surface area contributed by atoms with Gasteiger partial charge in [0.05, 0.1) is 0 Å². The van der Waals surface area contributed by atoms with Gasteiger partial charge in [-0.05, 0) is 24.1 Å². The van der Waals surface area contributed by atoms with Crippen molar-refractivity contribution in [2.75, 3.05) is 5.32 Å². The number of anilines is 1. The Morgan fingerprint density at radius 3 is 3.08 bits per heavy atom. The Balaban J connectivity index is 1.47. The summed E-state index contributed by atoms with van der Waals surface area (Å²) in [6, 6.07) is 6.47. The van der Waals surface area contributed by atoms with Crippen LogP contribution in [0.1, 0.15) is 23.3 Å². The van der Waals surface area contributed by atoms with Crippen LogP contribution < -0.4 is 5.32 Å². The highest BCUT2D eigenvalue weighted by atomic mass is 32.1. The van der Waals surface area contributed by atoms with E-state index < -0.39 is 0 Å². The number of aryl methyl sites for hydroxylation is 1. The molecule has 0 saturated heterocycles. The maximum Gasteiger partial charge on any atom is 0.226 e. The number of aromatic nitrogens is 4. The van der Waals surface area contributed by atoms with Gasteiger partial charge in [-0.2, -0.15) is 5.10 Å². The second-order valence-corrected chi connectivity index (χ2v) is 6.36. The van der Waals surface area contributed by atoms with Crippen LogP contribution in [0.15, 0.2) is 43.1 Å². The molecule has 8 heteroatoms. The highest BCUT2D eigenvalue weighted by molar-refractivity contribution is 7.15. The van der Waals surface area contributed by atoms with Crippen LogP contribution >= 0.6 is 11.3 Å². The molecule has 0 unspecified atom stereocenters. The van der Waals surface area contributed by atoms with Crippen LogP contribution in [0.3, 0.4) is 0 Å². The molecule has 1 amide bonds. The maximum atomic E-state index is 13.2. The van der Waals surface area contributed by atoms with Gasteiger partial charge in [-0.15, -0.1) is 11.3 Å². The standard InChI is InChI=1S/C16H16FN5OS/c17-13-4-1-3-12(7-13)8-14-9-19-16(24-14)21-15(23)5-2-6-22-11-18-10-20-22/h1,3-4,7,9-11H,2,5-6,8H2,(H,19,21,23). The SMILES string of the molecule is O=C(CCCn1cncn1)Nc1ncc(Cc2cccc(F)c2)s1. The molecule has 6 nitrogen and oxygen atoms in total. The van der Waals surface area contributed by atoms with Crippen LogP contribution in [0.5, 0.6) is 0 Å². The minimum Gasteiger partial charge on any atom is -0.302 e. The van der Waals surface area contributed by atoms with Crippen LogP contribution in [0.2, 0.25) is 0 Å². The van der Waals surface area contributed by atoms with Gasteiger partial charge in [-0.3, -0.25) is 9.48 Å². The Kier molecular flexibility index (Phi) is 5.27. The smallest absolute Gasteiger partial charge is 0.226 e. The Labute approximate surface area is 142 Å². The molecule has 0 aliphatic heterocycles. The summed E-state index contributed by atoms with van der Waals surface area (Å²) >= 11 is 1.40. The van der Waals surface area contributed by atoms with Gasteiger partial charge in [-0.25, -0.2) is 14.4 Å². The average molecular weight is 345 g/mol. The average Bonchev–Trinajstić information content (AvgIpc) is 3.20. The number of nitrogens with zero attached hydrogens (tertiary/aromatic N) is 4. The van der Waals surface area contributed by atoms with Crippen LogP contribution in [0.25, 0.3) is 0 Å². The van der Waals surface area contributed by atoms with Gasteiger partial charge >= 0.3 is 0 Å². The first-order valence-corrected chi connectivity index (χ1v) is 8.32. The number of halogens is 1. The molecule has 124 valence electrons. The van der Waals surface area contributed by atoms with E-state index in [1.807, 2.05) is 6.07 Å². The minimum atomic E-state index is -0.252. The highest BCUT2D eigenvalue weighted by Crippen LogP contribution is 2.21. The lowest BCUT2D eigenvalue weighted by Gasteiger charge is -2.02. The first-order chi connectivity index (χ1) is 11.7. The van der Waals surface area contributed by atoms with Crippen LogP contribution in [0, 0.1) is 5.82 Å². The quantitative estimate of drug-likeness (QED) is 0.715. The van der Waals surface area contributed by atoms with Gasteiger partial charge in [0.2, 0.25) is 5.91 Å². The number of benzene rings is 1. The first-order valence-electron chi connectivity index (χ1n) is 7.50. The molecule has 1 N–H and O–H groups in total. The monoisotopic (exact) mass is 345 g/mol. The number of carbonyl (C=O) groups is 1. The predicted octanol–water partition coefficient (Wildman–Crippen LogP) is 2.88. The lowest BCUT2D eigenvalue weighted by Crippen LogP contribution is -2.12. The zero-order valence-electron chi connectivity index (χ0n) is 12.9. The van der Waals surface area contributed by atoms with E-state index in [0.29, 0.717) is 30.9 Å². The fourth-order valence-corrected chi connectivity index (χ4v) is 3.09. The van der Waals surface area contributed by atoms with Crippen molar-refractivity contribution in [1.82, 2.24) is 19.7 Å². The van der Waals surface area contributed by atoms with E-state index in [0.717, 1.165) is 10.4 Å². The van der Waals surface area contributed by atoms with Crippen molar-refractivity contribution in [2.24, 2.45) is 0 Å². The molecule has 24 heavy (non-hydrogen) atoms. The number of hydrogen-bond acceptors (Lipinski definition) is 5. The van der Waals surface area contributed by atoms with Crippen LogP contribution in [-0.4, -0.2) is 25.7 Å². The summed E-state index contributed by atoms with van der Waals surface area (Å²) in [7, 11) is 0. The summed E-state index contributed by atoms with van der Waals surface area (Å²) in [5, 5.41) is 7.33. The van der Waals surface area contributed by atoms with Gasteiger partial charge in [0.25, 0.3) is 0 Å². The Bertz CT molecular complexity index is 802. The summed E-state index contributed by atoms with van der Waals surface area (Å²) in [6.45, 7) is 0.649. The molecule has 3 rings (SSSR count). The van der Waals surface area contributed by atoms with Gasteiger partial charge in [-0.1, -0.05) is 12.1 Å². The van der Waals surface area contributed by atoms with E-state index in [-0.39, 0.29) is 11.7 Å². The minimum absolute atomic E-state index is 0.0817. The van der Waals surface area contributed by atoms with Crippen LogP contribution in [-0.2, 0) is 17.8 Å². The Morgan fingerprint density at radius 2 is 2.29 bits per heavy atom. The summed E-state index contributed by atoms with van der Waals surface area (Å²) in [4.78, 5) is 20.9. The zero-order valence-corrected chi connectivity index (χ0v) is 13.7. The molecule has 1 aromatic carbocycles. The van der Waals surface area contributed by atoms with Crippen LogP contribution in [0.4, 0.5) is 9.52 Å². The third-order valence-electron chi connectivity index (χ3n) is 3.32. The molecule has 2 aromatic heterocycles. The molecule has 0 aliphatic rings. The number of carbonyl (C=O) groups excluding carboxylic acids is 1. The van der Waals surface area contributed by atoms with E-state index in [9.17, 15) is 9.18 Å². The zero-order chi connectivity index (χ0) is 16.8. The molecule has 2 heterocycles. The molecular formula is C16H16FN5OS. The fourth-order valence-electron chi connectivity index (χ4n) is 2.23. The summed E-state index contributed by atoms with van der Waals surface area (Å²) in [5.74, 6) is -0.334. The number of hydrogen-bond donors (Lipinski definition) is 1. The van der Waals surface area contributed by atoms with Crippen molar-refractivity contribution in [1.29, 1.82) is 0 Å². The van der Waals surface area contributed by atoms with E-state index in [1.165, 1.54) is 29.8 Å². The van der Waals surface area contributed by atoms with Crippen molar-refractivity contribution in [2.45, 2.75) is 25.8 Å². The van der Waals surface area contributed by atoms with E-state index in [4.69, 9.17) is 0 Å². The lowest BCUT2D eigenvalue weighted by molar-refractivity contribution is -0.116. The second-order valence-electron chi connectivity index (χ2n) is 5.25. The van der Waals surface area contributed by atoms with Gasteiger partial charge in [0.1, 0.15) is 18.5 Å². The molecular weight excluding hydrogens is 329 g/mol. The van der Waals surface area contributed by atoms with Crippen molar-refractivity contribution in [3.8, 4) is 0 Å². The molecule has 0 atom stereocenters. The van der Waals surface area contributed by atoms with Crippen molar-refractivity contribution < 1.29 is 9.18 Å². The number of amides is 1. The first kappa shape index (κ1) is 16.3. The van der Waals surface area contributed by atoms with Crippen molar-refractivity contribution in [3.05, 3.63) is 59.4 Å². The van der Waals surface area contributed by atoms with Gasteiger partial charge in [0.15, 0.2) is 5.13 Å². The normalized spacial score (nSPS) is 10.7. The summed E-state index contributed by atoms with van der Waals surface area (Å²) in [6.07, 6.45) is 6.46. The number of rotatable bonds is 7. The largest absolute Gasteiger partial charge is 0.302 e. The van der Waals surface area contributed by atoms with Gasteiger partial charge < -0.3 is 5.32 Å². The summed E-state index contributed by atoms with van der Waals surface area (Å²) in [5.41, 5.74) is 0.879. The molecule has 0 aliphatic carbocycles. The maximum absolute atomic E-state index is 13.2. The topological polar surface area (TPSA) is 72.7 Å². The fraction of sp³-hybridized carbons (Fsp3) is 0.250. The van der Waals surface area contributed by atoms with E-state index in [1.54, 1.807) is 23.3 Å². The third kappa shape index (κ3) is 4.69. The van der Waals surface area contributed by atoms with Crippen molar-refractivity contribution in [3.63, 3.8) is 0 Å². The Morgan fingerprint density at radius 1 is 1.38 bits per heavy atom. The highest BCUT2D eigenvalue weighted by Gasteiger charge is 2.08. The molecule has 3 aromatic rings.